The molecule has 156 valence electrons. The molecule has 3 nitrogen and oxygen atoms in total. The molecule has 0 saturated carbocycles. The van der Waals surface area contributed by atoms with Crippen LogP contribution in [0.1, 0.15) is 97.7 Å². The molecule has 0 aliphatic carbocycles. The van der Waals surface area contributed by atoms with Crippen molar-refractivity contribution in [1.82, 2.24) is 0 Å². The average molecular weight is 383 g/mol. The first-order valence-corrected chi connectivity index (χ1v) is 10.6. The third kappa shape index (κ3) is 11.5. The molecule has 0 aliphatic rings. The number of ether oxygens (including phenoxy) is 3. The van der Waals surface area contributed by atoms with Crippen LogP contribution in [0.4, 0.5) is 4.39 Å². The van der Waals surface area contributed by atoms with Gasteiger partial charge in [0.25, 0.3) is 6.48 Å². The van der Waals surface area contributed by atoms with Crippen LogP contribution in [0.2, 0.25) is 0 Å². The lowest BCUT2D eigenvalue weighted by atomic mass is 10.0. The van der Waals surface area contributed by atoms with Crippen LogP contribution in [0.3, 0.4) is 0 Å². The SMILES string of the molecule is CCCCCCCCCC(OC(OC(C)C)OC(C)C)c1ccc(F)cc1. The second-order valence-corrected chi connectivity index (χ2v) is 7.74. The van der Waals surface area contributed by atoms with Gasteiger partial charge in [-0.05, 0) is 51.8 Å². The Morgan fingerprint density at radius 3 is 1.78 bits per heavy atom. The molecule has 0 bridgehead atoms. The Labute approximate surface area is 165 Å². The fourth-order valence-corrected chi connectivity index (χ4v) is 2.95. The minimum Gasteiger partial charge on any atom is -0.327 e. The van der Waals surface area contributed by atoms with E-state index in [1.54, 1.807) is 12.1 Å². The second-order valence-electron chi connectivity index (χ2n) is 7.74. The molecule has 0 N–H and O–H groups in total. The molecule has 1 aromatic rings. The van der Waals surface area contributed by atoms with E-state index in [1.165, 1.54) is 50.7 Å². The van der Waals surface area contributed by atoms with Gasteiger partial charge in [-0.2, -0.15) is 0 Å². The van der Waals surface area contributed by atoms with Gasteiger partial charge < -0.3 is 14.2 Å². The zero-order chi connectivity index (χ0) is 20.1. The molecule has 27 heavy (non-hydrogen) atoms. The van der Waals surface area contributed by atoms with Gasteiger partial charge in [0.1, 0.15) is 5.82 Å². The lowest BCUT2D eigenvalue weighted by Gasteiger charge is -2.28. The van der Waals surface area contributed by atoms with Crippen LogP contribution >= 0.6 is 0 Å². The van der Waals surface area contributed by atoms with E-state index >= 15 is 0 Å². The highest BCUT2D eigenvalue weighted by atomic mass is 19.1. The van der Waals surface area contributed by atoms with Gasteiger partial charge in [0.15, 0.2) is 0 Å². The third-order valence-corrected chi connectivity index (χ3v) is 4.35. The molecular weight excluding hydrogens is 343 g/mol. The molecule has 4 heteroatoms. The number of hydrogen-bond donors (Lipinski definition) is 0. The average Bonchev–Trinajstić information content (AvgIpc) is 2.59. The summed E-state index contributed by atoms with van der Waals surface area (Å²) >= 11 is 0. The Hall–Kier alpha value is -0.970. The molecule has 0 fully saturated rings. The minimum atomic E-state index is -0.718. The van der Waals surface area contributed by atoms with Crippen LogP contribution in [0, 0.1) is 5.82 Å². The van der Waals surface area contributed by atoms with Gasteiger partial charge in [-0.15, -0.1) is 0 Å². The maximum atomic E-state index is 13.3. The molecule has 0 heterocycles. The zero-order valence-corrected chi connectivity index (χ0v) is 17.9. The summed E-state index contributed by atoms with van der Waals surface area (Å²) in [5.41, 5.74) is 0.965. The Morgan fingerprint density at radius 1 is 0.741 bits per heavy atom. The van der Waals surface area contributed by atoms with Gasteiger partial charge in [0.05, 0.1) is 18.3 Å². The maximum Gasteiger partial charge on any atom is 0.272 e. The Kier molecular flexibility index (Phi) is 12.6. The Balaban J connectivity index is 2.64. The van der Waals surface area contributed by atoms with E-state index in [-0.39, 0.29) is 24.1 Å². The monoisotopic (exact) mass is 382 g/mol. The summed E-state index contributed by atoms with van der Waals surface area (Å²) in [6.45, 7) is 9.36. The number of unbranched alkanes of at least 4 members (excludes halogenated alkanes) is 6. The fraction of sp³-hybridized carbons (Fsp3) is 0.739. The molecule has 0 spiro atoms. The van der Waals surface area contributed by atoms with Gasteiger partial charge >= 0.3 is 0 Å². The van der Waals surface area contributed by atoms with Crippen molar-refractivity contribution in [3.8, 4) is 0 Å². The number of benzene rings is 1. The molecule has 1 rings (SSSR count). The van der Waals surface area contributed by atoms with Crippen molar-refractivity contribution in [2.75, 3.05) is 0 Å². The summed E-state index contributed by atoms with van der Waals surface area (Å²) in [6, 6.07) is 6.56. The highest BCUT2D eigenvalue weighted by Crippen LogP contribution is 2.27. The lowest BCUT2D eigenvalue weighted by molar-refractivity contribution is -0.328. The van der Waals surface area contributed by atoms with E-state index in [4.69, 9.17) is 14.2 Å². The highest BCUT2D eigenvalue weighted by Gasteiger charge is 2.21. The predicted molar refractivity (Wildman–Crippen MR) is 109 cm³/mol. The summed E-state index contributed by atoms with van der Waals surface area (Å²) in [6.07, 6.45) is 9.44. The molecule has 0 aromatic heterocycles. The topological polar surface area (TPSA) is 27.7 Å². The van der Waals surface area contributed by atoms with E-state index in [9.17, 15) is 4.39 Å². The number of rotatable bonds is 15. The van der Waals surface area contributed by atoms with Crippen molar-refractivity contribution in [3.05, 3.63) is 35.6 Å². The molecule has 1 unspecified atom stereocenters. The molecule has 0 aliphatic heterocycles. The first-order chi connectivity index (χ1) is 12.9. The minimum absolute atomic E-state index is 0.00110. The molecule has 0 radical (unpaired) electrons. The summed E-state index contributed by atoms with van der Waals surface area (Å²) in [4.78, 5) is 0. The fourth-order valence-electron chi connectivity index (χ4n) is 2.95. The zero-order valence-electron chi connectivity index (χ0n) is 17.9. The van der Waals surface area contributed by atoms with Gasteiger partial charge in [-0.25, -0.2) is 4.39 Å². The van der Waals surface area contributed by atoms with Crippen LogP contribution < -0.4 is 0 Å². The number of hydrogen-bond acceptors (Lipinski definition) is 3. The summed E-state index contributed by atoms with van der Waals surface area (Å²) < 4.78 is 31.1. The van der Waals surface area contributed by atoms with Crippen LogP contribution in [0.5, 0.6) is 0 Å². The summed E-state index contributed by atoms with van der Waals surface area (Å²) in [5, 5.41) is 0. The van der Waals surface area contributed by atoms with Crippen molar-refractivity contribution in [3.63, 3.8) is 0 Å². The molecule has 1 atom stereocenters. The van der Waals surface area contributed by atoms with E-state index in [0.717, 1.165) is 18.4 Å². The van der Waals surface area contributed by atoms with Crippen LogP contribution in [0.15, 0.2) is 24.3 Å². The van der Waals surface area contributed by atoms with E-state index in [2.05, 4.69) is 6.92 Å². The second kappa shape index (κ2) is 14.1. The van der Waals surface area contributed by atoms with E-state index in [1.807, 2.05) is 27.7 Å². The van der Waals surface area contributed by atoms with Crippen LogP contribution in [-0.4, -0.2) is 18.7 Å². The lowest BCUT2D eigenvalue weighted by Crippen LogP contribution is -2.29. The van der Waals surface area contributed by atoms with Gasteiger partial charge in [-0.1, -0.05) is 64.0 Å². The molecule has 0 saturated heterocycles. The first kappa shape index (κ1) is 24.1. The number of halogens is 1. The first-order valence-electron chi connectivity index (χ1n) is 10.6. The maximum absolute atomic E-state index is 13.3. The highest BCUT2D eigenvalue weighted by molar-refractivity contribution is 5.18. The standard InChI is InChI=1S/C23H39FO3/c1-6-7-8-9-10-11-12-13-22(20-14-16-21(24)17-15-20)27-23(25-18(2)3)26-19(4)5/h14-19,22-23H,6-13H2,1-5H3. The Bertz CT molecular complexity index is 463. The Morgan fingerprint density at radius 2 is 1.26 bits per heavy atom. The third-order valence-electron chi connectivity index (χ3n) is 4.35. The van der Waals surface area contributed by atoms with Crippen molar-refractivity contribution in [1.29, 1.82) is 0 Å². The van der Waals surface area contributed by atoms with E-state index < -0.39 is 6.48 Å². The van der Waals surface area contributed by atoms with Crippen LogP contribution in [0.25, 0.3) is 0 Å². The summed E-state index contributed by atoms with van der Waals surface area (Å²) in [5.74, 6) is -0.234. The van der Waals surface area contributed by atoms with E-state index in [0.29, 0.717) is 0 Å². The van der Waals surface area contributed by atoms with Crippen molar-refractivity contribution in [2.45, 2.75) is 111 Å². The van der Waals surface area contributed by atoms with Crippen molar-refractivity contribution >= 4 is 0 Å². The van der Waals surface area contributed by atoms with Gasteiger partial charge in [-0.3, -0.25) is 0 Å². The van der Waals surface area contributed by atoms with Crippen molar-refractivity contribution < 1.29 is 18.6 Å². The van der Waals surface area contributed by atoms with Gasteiger partial charge in [0.2, 0.25) is 0 Å². The van der Waals surface area contributed by atoms with Crippen molar-refractivity contribution in [2.24, 2.45) is 0 Å². The van der Waals surface area contributed by atoms with Gasteiger partial charge in [0, 0.05) is 0 Å². The normalized spacial score (nSPS) is 13.1. The molecule has 1 aromatic carbocycles. The summed E-state index contributed by atoms with van der Waals surface area (Å²) in [7, 11) is 0. The van der Waals surface area contributed by atoms with Crippen LogP contribution in [-0.2, 0) is 14.2 Å². The quantitative estimate of drug-likeness (QED) is 0.238. The largest absolute Gasteiger partial charge is 0.327 e. The smallest absolute Gasteiger partial charge is 0.272 e. The molecular formula is C23H39FO3. The predicted octanol–water partition coefficient (Wildman–Crippen LogP) is 7.16. The molecule has 0 amide bonds.